The molecular formula is C14H13FN2O2. The SMILES string of the molecule is CCOC(=O)c1nnccc1Cc1ccc(F)cc1. The Bertz CT molecular complexity index is 570. The van der Waals surface area contributed by atoms with Gasteiger partial charge in [-0.3, -0.25) is 0 Å². The molecule has 0 unspecified atom stereocenters. The van der Waals surface area contributed by atoms with Crippen LogP contribution in [0.4, 0.5) is 4.39 Å². The summed E-state index contributed by atoms with van der Waals surface area (Å²) in [6.45, 7) is 2.01. The lowest BCUT2D eigenvalue weighted by atomic mass is 10.0. The van der Waals surface area contributed by atoms with Gasteiger partial charge in [0.25, 0.3) is 0 Å². The van der Waals surface area contributed by atoms with Crippen molar-refractivity contribution in [2.24, 2.45) is 0 Å². The molecule has 0 atom stereocenters. The number of benzene rings is 1. The predicted octanol–water partition coefficient (Wildman–Crippen LogP) is 2.38. The molecule has 19 heavy (non-hydrogen) atoms. The summed E-state index contributed by atoms with van der Waals surface area (Å²) in [5.74, 6) is -0.782. The smallest absolute Gasteiger partial charge is 0.359 e. The maximum absolute atomic E-state index is 12.8. The van der Waals surface area contributed by atoms with E-state index in [0.717, 1.165) is 5.56 Å². The van der Waals surface area contributed by atoms with E-state index in [4.69, 9.17) is 4.74 Å². The zero-order chi connectivity index (χ0) is 13.7. The summed E-state index contributed by atoms with van der Waals surface area (Å²) < 4.78 is 17.8. The molecule has 2 aromatic rings. The highest BCUT2D eigenvalue weighted by atomic mass is 19.1. The van der Waals surface area contributed by atoms with Crippen molar-refractivity contribution < 1.29 is 13.9 Å². The highest BCUT2D eigenvalue weighted by molar-refractivity contribution is 5.88. The van der Waals surface area contributed by atoms with E-state index in [-0.39, 0.29) is 18.1 Å². The van der Waals surface area contributed by atoms with Crippen LogP contribution in [0.3, 0.4) is 0 Å². The van der Waals surface area contributed by atoms with E-state index in [1.807, 2.05) is 0 Å². The molecule has 0 aliphatic rings. The summed E-state index contributed by atoms with van der Waals surface area (Å²) in [4.78, 5) is 11.7. The lowest BCUT2D eigenvalue weighted by Crippen LogP contribution is -2.11. The number of hydrogen-bond acceptors (Lipinski definition) is 4. The van der Waals surface area contributed by atoms with E-state index in [1.165, 1.54) is 18.3 Å². The molecule has 0 N–H and O–H groups in total. The molecule has 0 spiro atoms. The minimum absolute atomic E-state index is 0.202. The van der Waals surface area contributed by atoms with Crippen LogP contribution < -0.4 is 0 Å². The Labute approximate surface area is 110 Å². The Kier molecular flexibility index (Phi) is 4.18. The molecule has 1 aromatic carbocycles. The largest absolute Gasteiger partial charge is 0.461 e. The zero-order valence-corrected chi connectivity index (χ0v) is 10.5. The molecule has 4 nitrogen and oxygen atoms in total. The fourth-order valence-corrected chi connectivity index (χ4v) is 1.69. The number of ether oxygens (including phenoxy) is 1. The molecule has 0 saturated heterocycles. The molecule has 1 heterocycles. The van der Waals surface area contributed by atoms with Gasteiger partial charge in [-0.25, -0.2) is 9.18 Å². The number of aromatic nitrogens is 2. The van der Waals surface area contributed by atoms with Gasteiger partial charge in [-0.2, -0.15) is 5.10 Å². The minimum atomic E-state index is -0.493. The topological polar surface area (TPSA) is 52.1 Å². The van der Waals surface area contributed by atoms with Gasteiger partial charge < -0.3 is 4.74 Å². The zero-order valence-electron chi connectivity index (χ0n) is 10.5. The van der Waals surface area contributed by atoms with Crippen LogP contribution in [0.15, 0.2) is 36.5 Å². The number of esters is 1. The monoisotopic (exact) mass is 260 g/mol. The molecule has 98 valence electrons. The van der Waals surface area contributed by atoms with Crippen molar-refractivity contribution in [1.82, 2.24) is 10.2 Å². The van der Waals surface area contributed by atoms with Crippen molar-refractivity contribution >= 4 is 5.97 Å². The molecule has 0 fully saturated rings. The van der Waals surface area contributed by atoms with Gasteiger partial charge in [0.1, 0.15) is 5.82 Å². The van der Waals surface area contributed by atoms with Crippen molar-refractivity contribution in [3.05, 3.63) is 59.2 Å². The van der Waals surface area contributed by atoms with Crippen LogP contribution in [0.1, 0.15) is 28.5 Å². The lowest BCUT2D eigenvalue weighted by molar-refractivity contribution is 0.0517. The average molecular weight is 260 g/mol. The first-order valence-corrected chi connectivity index (χ1v) is 5.93. The lowest BCUT2D eigenvalue weighted by Gasteiger charge is -2.07. The maximum atomic E-state index is 12.8. The highest BCUT2D eigenvalue weighted by Crippen LogP contribution is 2.13. The molecule has 0 aliphatic heterocycles. The molecule has 0 amide bonds. The average Bonchev–Trinajstić information content (AvgIpc) is 2.42. The Morgan fingerprint density at radius 3 is 2.68 bits per heavy atom. The molecule has 0 saturated carbocycles. The van der Waals surface area contributed by atoms with Gasteiger partial charge in [0.05, 0.1) is 6.61 Å². The number of hydrogen-bond donors (Lipinski definition) is 0. The van der Waals surface area contributed by atoms with Gasteiger partial charge in [-0.05, 0) is 42.7 Å². The Hall–Kier alpha value is -2.30. The Morgan fingerprint density at radius 2 is 2.00 bits per heavy atom. The van der Waals surface area contributed by atoms with Crippen LogP contribution in [-0.2, 0) is 11.2 Å². The molecule has 0 radical (unpaired) electrons. The first-order chi connectivity index (χ1) is 9.20. The number of carbonyl (C=O) groups is 1. The summed E-state index contributed by atoms with van der Waals surface area (Å²) in [5, 5.41) is 7.51. The molecule has 5 heteroatoms. The number of halogens is 1. The van der Waals surface area contributed by atoms with Crippen molar-refractivity contribution in [2.75, 3.05) is 6.61 Å². The second-order valence-electron chi connectivity index (χ2n) is 3.93. The van der Waals surface area contributed by atoms with E-state index in [2.05, 4.69) is 10.2 Å². The van der Waals surface area contributed by atoms with Crippen molar-refractivity contribution in [1.29, 1.82) is 0 Å². The second-order valence-corrected chi connectivity index (χ2v) is 3.93. The standard InChI is InChI=1S/C14H13FN2O2/c1-2-19-14(18)13-11(7-8-16-17-13)9-10-3-5-12(15)6-4-10/h3-8H,2,9H2,1H3. The molecule has 1 aromatic heterocycles. The fourth-order valence-electron chi connectivity index (χ4n) is 1.69. The molecule has 0 aliphatic carbocycles. The Morgan fingerprint density at radius 1 is 1.26 bits per heavy atom. The van der Waals surface area contributed by atoms with E-state index >= 15 is 0 Å². The van der Waals surface area contributed by atoms with Crippen molar-refractivity contribution in [3.63, 3.8) is 0 Å². The van der Waals surface area contributed by atoms with Crippen LogP contribution in [0.25, 0.3) is 0 Å². The van der Waals surface area contributed by atoms with Gasteiger partial charge in [-0.15, -0.1) is 5.10 Å². The van der Waals surface area contributed by atoms with Gasteiger partial charge >= 0.3 is 5.97 Å². The number of nitrogens with zero attached hydrogens (tertiary/aromatic N) is 2. The second kappa shape index (κ2) is 6.04. The van der Waals surface area contributed by atoms with Crippen LogP contribution in [-0.4, -0.2) is 22.8 Å². The minimum Gasteiger partial charge on any atom is -0.461 e. The summed E-state index contributed by atoms with van der Waals surface area (Å²) >= 11 is 0. The molecule has 0 bridgehead atoms. The number of carbonyl (C=O) groups excluding carboxylic acids is 1. The highest BCUT2D eigenvalue weighted by Gasteiger charge is 2.14. The summed E-state index contributed by atoms with van der Waals surface area (Å²) in [5.41, 5.74) is 1.80. The van der Waals surface area contributed by atoms with Gasteiger partial charge in [0.2, 0.25) is 0 Å². The third kappa shape index (κ3) is 3.34. The number of rotatable bonds is 4. The summed E-state index contributed by atoms with van der Waals surface area (Å²) in [7, 11) is 0. The summed E-state index contributed by atoms with van der Waals surface area (Å²) in [6.07, 6.45) is 1.99. The molecule has 2 rings (SSSR count). The third-order valence-electron chi connectivity index (χ3n) is 2.58. The maximum Gasteiger partial charge on any atom is 0.359 e. The normalized spacial score (nSPS) is 10.2. The van der Waals surface area contributed by atoms with Crippen LogP contribution in [0, 0.1) is 5.82 Å². The quantitative estimate of drug-likeness (QED) is 0.792. The first kappa shape index (κ1) is 13.1. The van der Waals surface area contributed by atoms with Gasteiger partial charge in [0, 0.05) is 6.20 Å². The van der Waals surface area contributed by atoms with E-state index in [9.17, 15) is 9.18 Å². The molecular weight excluding hydrogens is 247 g/mol. The third-order valence-corrected chi connectivity index (χ3v) is 2.58. The fraction of sp³-hybridized carbons (Fsp3) is 0.214. The first-order valence-electron chi connectivity index (χ1n) is 5.93. The van der Waals surface area contributed by atoms with Crippen LogP contribution in [0.2, 0.25) is 0 Å². The van der Waals surface area contributed by atoms with Crippen LogP contribution in [0.5, 0.6) is 0 Å². The van der Waals surface area contributed by atoms with Gasteiger partial charge in [0.15, 0.2) is 5.69 Å². The van der Waals surface area contributed by atoms with E-state index in [0.29, 0.717) is 12.0 Å². The predicted molar refractivity (Wildman–Crippen MR) is 67.2 cm³/mol. The Balaban J connectivity index is 2.24. The van der Waals surface area contributed by atoms with Gasteiger partial charge in [-0.1, -0.05) is 12.1 Å². The van der Waals surface area contributed by atoms with Crippen molar-refractivity contribution in [2.45, 2.75) is 13.3 Å². The van der Waals surface area contributed by atoms with Crippen LogP contribution >= 0.6 is 0 Å². The van der Waals surface area contributed by atoms with E-state index in [1.54, 1.807) is 25.1 Å². The van der Waals surface area contributed by atoms with E-state index < -0.39 is 5.97 Å². The van der Waals surface area contributed by atoms with Crippen molar-refractivity contribution in [3.8, 4) is 0 Å². The summed E-state index contributed by atoms with van der Waals surface area (Å²) in [6, 6.07) is 7.82.